The topological polar surface area (TPSA) is 65.0 Å². The van der Waals surface area contributed by atoms with Crippen molar-refractivity contribution < 1.29 is 8.94 Å². The van der Waals surface area contributed by atoms with Crippen molar-refractivity contribution in [2.75, 3.05) is 0 Å². The Balaban J connectivity index is 1.79. The minimum Gasteiger partial charge on any atom is -0.448 e. The van der Waals surface area contributed by atoms with Crippen LogP contribution in [0.3, 0.4) is 0 Å². The lowest BCUT2D eigenvalue weighted by Gasteiger charge is -2.11. The summed E-state index contributed by atoms with van der Waals surface area (Å²) in [5.74, 6) is 4.15. The van der Waals surface area contributed by atoms with E-state index in [0.29, 0.717) is 23.7 Å². The Morgan fingerprint density at radius 2 is 1.67 bits per heavy atom. The zero-order chi connectivity index (χ0) is 17.7. The van der Waals surface area contributed by atoms with Gasteiger partial charge >= 0.3 is 0 Å². The van der Waals surface area contributed by atoms with E-state index < -0.39 is 0 Å². The second-order valence-electron chi connectivity index (χ2n) is 7.77. The summed E-state index contributed by atoms with van der Waals surface area (Å²) in [5.41, 5.74) is 1.05. The summed E-state index contributed by atoms with van der Waals surface area (Å²) in [5, 5.41) is 4.08. The predicted octanol–water partition coefficient (Wildman–Crippen LogP) is 5.14. The summed E-state index contributed by atoms with van der Waals surface area (Å²) >= 11 is 0. The van der Waals surface area contributed by atoms with Crippen molar-refractivity contribution in [3.05, 3.63) is 29.6 Å². The van der Waals surface area contributed by atoms with Crippen molar-refractivity contribution in [1.82, 2.24) is 15.1 Å². The highest BCUT2D eigenvalue weighted by atomic mass is 16.5. The van der Waals surface area contributed by atoms with Crippen molar-refractivity contribution >= 4 is 0 Å². The number of hydrogen-bond donors (Lipinski definition) is 0. The van der Waals surface area contributed by atoms with Gasteiger partial charge in [-0.05, 0) is 31.1 Å². The maximum Gasteiger partial charge on any atom is 0.229 e. The van der Waals surface area contributed by atoms with E-state index >= 15 is 0 Å². The van der Waals surface area contributed by atoms with Crippen LogP contribution < -0.4 is 0 Å². The maximum atomic E-state index is 5.51. The van der Waals surface area contributed by atoms with E-state index in [4.69, 9.17) is 8.94 Å². The summed E-state index contributed by atoms with van der Waals surface area (Å²) in [6, 6.07) is 0. The molecule has 2 atom stereocenters. The van der Waals surface area contributed by atoms with Gasteiger partial charge in [-0.25, -0.2) is 4.98 Å². The third-order valence-electron chi connectivity index (χ3n) is 4.21. The summed E-state index contributed by atoms with van der Waals surface area (Å²) in [6.07, 6.45) is 5.76. The van der Waals surface area contributed by atoms with Crippen molar-refractivity contribution in [2.24, 2.45) is 11.8 Å². The highest BCUT2D eigenvalue weighted by Crippen LogP contribution is 2.24. The third-order valence-corrected chi connectivity index (χ3v) is 4.21. The number of nitrogens with zero attached hydrogens (tertiary/aromatic N) is 3. The molecule has 0 spiro atoms. The van der Waals surface area contributed by atoms with Gasteiger partial charge in [0.2, 0.25) is 5.89 Å². The molecule has 5 nitrogen and oxygen atoms in total. The molecule has 0 aliphatic rings. The minimum absolute atomic E-state index is 0.296. The van der Waals surface area contributed by atoms with E-state index in [1.807, 2.05) is 0 Å². The van der Waals surface area contributed by atoms with Gasteiger partial charge < -0.3 is 8.94 Å². The van der Waals surface area contributed by atoms with E-state index in [2.05, 4.69) is 56.7 Å². The largest absolute Gasteiger partial charge is 0.448 e. The van der Waals surface area contributed by atoms with Crippen LogP contribution >= 0.6 is 0 Å². The van der Waals surface area contributed by atoms with Gasteiger partial charge in [0.1, 0.15) is 6.26 Å². The molecule has 0 saturated carbocycles. The summed E-state index contributed by atoms with van der Waals surface area (Å²) in [4.78, 5) is 9.09. The lowest BCUT2D eigenvalue weighted by atomic mass is 9.95. The first-order valence-electron chi connectivity index (χ1n) is 9.11. The summed E-state index contributed by atoms with van der Waals surface area (Å²) in [7, 11) is 0. The first-order valence-corrected chi connectivity index (χ1v) is 9.11. The van der Waals surface area contributed by atoms with Crippen LogP contribution in [0, 0.1) is 11.8 Å². The number of aromatic nitrogens is 3. The number of hydrogen-bond acceptors (Lipinski definition) is 5. The molecule has 0 bridgehead atoms. The molecule has 2 aromatic heterocycles. The molecule has 2 heterocycles. The monoisotopic (exact) mass is 333 g/mol. The van der Waals surface area contributed by atoms with E-state index in [9.17, 15) is 0 Å². The molecule has 5 heteroatoms. The van der Waals surface area contributed by atoms with Gasteiger partial charge in [-0.15, -0.1) is 0 Å². The molecule has 0 N–H and O–H groups in total. The fraction of sp³-hybridized carbons (Fsp3) is 0.737. The average Bonchev–Trinajstić information content (AvgIpc) is 3.13. The third kappa shape index (κ3) is 5.46. The van der Waals surface area contributed by atoms with Crippen LogP contribution in [0.5, 0.6) is 0 Å². The highest BCUT2D eigenvalue weighted by Gasteiger charge is 2.17. The van der Waals surface area contributed by atoms with Gasteiger partial charge in [0.05, 0.1) is 5.69 Å². The van der Waals surface area contributed by atoms with E-state index in [1.165, 1.54) is 0 Å². The first-order chi connectivity index (χ1) is 11.3. The molecular weight excluding hydrogens is 302 g/mol. The van der Waals surface area contributed by atoms with Crippen molar-refractivity contribution in [2.45, 2.75) is 79.1 Å². The molecule has 0 saturated heterocycles. The molecule has 0 amide bonds. The molecule has 24 heavy (non-hydrogen) atoms. The van der Waals surface area contributed by atoms with E-state index in [0.717, 1.165) is 49.0 Å². The highest BCUT2D eigenvalue weighted by molar-refractivity contribution is 5.00. The predicted molar refractivity (Wildman–Crippen MR) is 93.9 cm³/mol. The summed E-state index contributed by atoms with van der Waals surface area (Å²) in [6.45, 7) is 12.9. The molecule has 134 valence electrons. The zero-order valence-corrected chi connectivity index (χ0v) is 15.9. The fourth-order valence-electron chi connectivity index (χ4n) is 2.71. The maximum absolute atomic E-state index is 5.51. The molecule has 0 aliphatic heterocycles. The van der Waals surface area contributed by atoms with Crippen LogP contribution in [0.15, 0.2) is 15.2 Å². The second-order valence-corrected chi connectivity index (χ2v) is 7.77. The van der Waals surface area contributed by atoms with E-state index in [1.54, 1.807) is 6.26 Å². The van der Waals surface area contributed by atoms with Crippen LogP contribution in [0.4, 0.5) is 0 Å². The van der Waals surface area contributed by atoms with Crippen LogP contribution in [-0.2, 0) is 12.8 Å². The first kappa shape index (κ1) is 18.7. The van der Waals surface area contributed by atoms with Crippen molar-refractivity contribution in [3.8, 4) is 0 Å². The Morgan fingerprint density at radius 1 is 0.917 bits per heavy atom. The Kier molecular flexibility index (Phi) is 6.58. The Labute approximate surface area is 145 Å². The number of rotatable bonds is 9. The lowest BCUT2D eigenvalue weighted by Crippen LogP contribution is -2.04. The quantitative estimate of drug-likeness (QED) is 0.635. The smallest absolute Gasteiger partial charge is 0.229 e. The molecule has 2 aromatic rings. The van der Waals surface area contributed by atoms with Crippen LogP contribution in [0.1, 0.15) is 89.5 Å². The van der Waals surface area contributed by atoms with Gasteiger partial charge in [0, 0.05) is 18.3 Å². The van der Waals surface area contributed by atoms with Gasteiger partial charge in [-0.1, -0.05) is 46.7 Å². The molecule has 2 unspecified atom stereocenters. The Bertz CT molecular complexity index is 616. The molecule has 2 rings (SSSR count). The van der Waals surface area contributed by atoms with Gasteiger partial charge in [0.15, 0.2) is 11.7 Å². The van der Waals surface area contributed by atoms with Crippen LogP contribution in [0.25, 0.3) is 0 Å². The molecule has 0 radical (unpaired) electrons. The Morgan fingerprint density at radius 3 is 2.29 bits per heavy atom. The molecule has 0 fully saturated rings. The zero-order valence-electron chi connectivity index (χ0n) is 15.9. The molecule has 0 aliphatic carbocycles. The lowest BCUT2D eigenvalue weighted by molar-refractivity contribution is 0.339. The van der Waals surface area contributed by atoms with Crippen molar-refractivity contribution in [3.63, 3.8) is 0 Å². The van der Waals surface area contributed by atoms with Gasteiger partial charge in [0.25, 0.3) is 0 Å². The summed E-state index contributed by atoms with van der Waals surface area (Å²) < 4.78 is 10.9. The second kappa shape index (κ2) is 8.45. The fourth-order valence-corrected chi connectivity index (χ4v) is 2.71. The molecule has 0 aromatic carbocycles. The number of oxazole rings is 1. The van der Waals surface area contributed by atoms with Crippen LogP contribution in [-0.4, -0.2) is 15.1 Å². The normalized spacial score (nSPS) is 14.5. The standard InChI is InChI=1S/C19H31N3O2/c1-12(2)9-17-21-19(24-22-17)15(6)8-7-14(5)10-16-11-23-18(20-16)13(3)4/h11-15H,7-10H2,1-6H3. The molecular formula is C19H31N3O2. The average molecular weight is 333 g/mol. The Hall–Kier alpha value is -1.65. The SMILES string of the molecule is CC(C)Cc1noc(C(C)CCC(C)Cc2coc(C(C)C)n2)n1. The minimum atomic E-state index is 0.296. The van der Waals surface area contributed by atoms with Gasteiger partial charge in [-0.3, -0.25) is 0 Å². The van der Waals surface area contributed by atoms with Gasteiger partial charge in [-0.2, -0.15) is 4.98 Å². The van der Waals surface area contributed by atoms with Crippen molar-refractivity contribution in [1.29, 1.82) is 0 Å². The van der Waals surface area contributed by atoms with Crippen LogP contribution in [0.2, 0.25) is 0 Å². The van der Waals surface area contributed by atoms with E-state index in [-0.39, 0.29) is 0 Å².